The van der Waals surface area contributed by atoms with Crippen LogP contribution < -0.4 is 0 Å². The van der Waals surface area contributed by atoms with Gasteiger partial charge in [-0.05, 0) is 13.5 Å². The van der Waals surface area contributed by atoms with Crippen molar-refractivity contribution in [3.8, 4) is 0 Å². The second kappa shape index (κ2) is 8.24. The highest BCUT2D eigenvalue weighted by atomic mass is 16.7. The number of hydrogen-bond donors (Lipinski definition) is 0. The Bertz CT molecular complexity index is 280. The third-order valence-electron chi connectivity index (χ3n) is 2.91. The van der Waals surface area contributed by atoms with Gasteiger partial charge in [-0.2, -0.15) is 0 Å². The van der Waals surface area contributed by atoms with E-state index in [0.29, 0.717) is 13.4 Å². The van der Waals surface area contributed by atoms with Crippen molar-refractivity contribution < 1.29 is 19.0 Å². The van der Waals surface area contributed by atoms with Gasteiger partial charge in [-0.15, -0.1) is 0 Å². The fraction of sp³-hybridized carbons (Fsp3) is 0.769. The van der Waals surface area contributed by atoms with Crippen LogP contribution in [-0.4, -0.2) is 57.6 Å². The molecule has 104 valence electrons. The van der Waals surface area contributed by atoms with Crippen molar-refractivity contribution >= 4 is 5.97 Å². The van der Waals surface area contributed by atoms with Crippen molar-refractivity contribution in [2.45, 2.75) is 19.4 Å². The number of likely N-dealkylation sites (tertiary alicyclic amines) is 1. The number of esters is 1. The van der Waals surface area contributed by atoms with Crippen molar-refractivity contribution in [3.05, 3.63) is 12.2 Å². The average Bonchev–Trinajstić information content (AvgIpc) is 2.31. The summed E-state index contributed by atoms with van der Waals surface area (Å²) in [4.78, 5) is 13.3. The van der Waals surface area contributed by atoms with Crippen LogP contribution in [-0.2, 0) is 19.0 Å². The van der Waals surface area contributed by atoms with Crippen LogP contribution in [0.1, 0.15) is 13.3 Å². The van der Waals surface area contributed by atoms with Crippen LogP contribution in [0.5, 0.6) is 0 Å². The van der Waals surface area contributed by atoms with Gasteiger partial charge in [-0.25, -0.2) is 0 Å². The molecular weight excluding hydrogens is 234 g/mol. The first-order valence-corrected chi connectivity index (χ1v) is 6.22. The lowest BCUT2D eigenvalue weighted by Gasteiger charge is -2.34. The smallest absolute Gasteiger partial charge is 0.302 e. The molecule has 0 aromatic carbocycles. The number of carbonyl (C=O) groups excluding carboxylic acids is 1. The zero-order chi connectivity index (χ0) is 13.4. The van der Waals surface area contributed by atoms with Crippen LogP contribution in [0.15, 0.2) is 12.2 Å². The molecule has 1 aliphatic rings. The molecule has 1 rings (SSSR count). The van der Waals surface area contributed by atoms with Crippen LogP contribution in [0.2, 0.25) is 0 Å². The molecule has 0 aliphatic carbocycles. The minimum Gasteiger partial charge on any atom is -0.462 e. The van der Waals surface area contributed by atoms with Gasteiger partial charge in [0.2, 0.25) is 0 Å². The molecule has 0 N–H and O–H groups in total. The van der Waals surface area contributed by atoms with Gasteiger partial charge in [0.05, 0.1) is 6.61 Å². The Hall–Kier alpha value is -0.910. The van der Waals surface area contributed by atoms with E-state index in [0.717, 1.165) is 19.5 Å². The van der Waals surface area contributed by atoms with Crippen LogP contribution in [0, 0.1) is 5.92 Å². The Kier molecular flexibility index (Phi) is 6.93. The van der Waals surface area contributed by atoms with Gasteiger partial charge >= 0.3 is 5.97 Å². The van der Waals surface area contributed by atoms with Crippen molar-refractivity contribution in [2.24, 2.45) is 5.92 Å². The summed E-state index contributed by atoms with van der Waals surface area (Å²) in [5.74, 6) is 0.0254. The lowest BCUT2D eigenvalue weighted by atomic mass is 9.94. The van der Waals surface area contributed by atoms with Crippen LogP contribution in [0.3, 0.4) is 0 Å². The van der Waals surface area contributed by atoms with Crippen molar-refractivity contribution in [1.29, 1.82) is 0 Å². The van der Waals surface area contributed by atoms with E-state index < -0.39 is 0 Å². The normalized spacial score (nSPS) is 25.5. The highest BCUT2D eigenvalue weighted by Crippen LogP contribution is 2.20. The molecule has 1 heterocycles. The minimum atomic E-state index is -0.210. The Morgan fingerprint density at radius 3 is 2.94 bits per heavy atom. The van der Waals surface area contributed by atoms with E-state index in [9.17, 15) is 4.79 Å². The van der Waals surface area contributed by atoms with Crippen LogP contribution in [0.4, 0.5) is 0 Å². The predicted molar refractivity (Wildman–Crippen MR) is 68.1 cm³/mol. The Morgan fingerprint density at radius 2 is 2.28 bits per heavy atom. The zero-order valence-electron chi connectivity index (χ0n) is 11.4. The van der Waals surface area contributed by atoms with E-state index in [2.05, 4.69) is 18.0 Å². The topological polar surface area (TPSA) is 48.0 Å². The Morgan fingerprint density at radius 1 is 1.50 bits per heavy atom. The standard InChI is InChI=1S/C13H23NO4/c1-11(15)18-13-6-7-14(2)9-12(13)5-4-8-17-10-16-3/h4-5,12-13H,6-10H2,1-3H3. The quantitative estimate of drug-likeness (QED) is 0.308. The number of nitrogens with zero attached hydrogens (tertiary/aromatic N) is 1. The number of rotatable bonds is 6. The largest absolute Gasteiger partial charge is 0.462 e. The maximum Gasteiger partial charge on any atom is 0.302 e. The van der Waals surface area contributed by atoms with Gasteiger partial charge in [0.15, 0.2) is 0 Å². The van der Waals surface area contributed by atoms with E-state index in [-0.39, 0.29) is 18.0 Å². The lowest BCUT2D eigenvalue weighted by Crippen LogP contribution is -2.42. The molecule has 0 radical (unpaired) electrons. The predicted octanol–water partition coefficient (Wildman–Crippen LogP) is 1.05. The second-order valence-corrected chi connectivity index (χ2v) is 4.57. The van der Waals surface area contributed by atoms with Crippen LogP contribution >= 0.6 is 0 Å². The van der Waals surface area contributed by atoms with Crippen LogP contribution in [0.25, 0.3) is 0 Å². The van der Waals surface area contributed by atoms with Gasteiger partial charge in [0.1, 0.15) is 12.9 Å². The summed E-state index contributed by atoms with van der Waals surface area (Å²) in [7, 11) is 3.67. The maximum atomic E-state index is 11.1. The number of hydrogen-bond acceptors (Lipinski definition) is 5. The summed E-state index contributed by atoms with van der Waals surface area (Å²) in [5.41, 5.74) is 0. The third-order valence-corrected chi connectivity index (χ3v) is 2.91. The molecule has 0 amide bonds. The third kappa shape index (κ3) is 5.62. The fourth-order valence-corrected chi connectivity index (χ4v) is 2.10. The fourth-order valence-electron chi connectivity index (χ4n) is 2.10. The minimum absolute atomic E-state index is 0.0163. The molecular formula is C13H23NO4. The van der Waals surface area contributed by atoms with E-state index in [1.54, 1.807) is 7.11 Å². The highest BCUT2D eigenvalue weighted by molar-refractivity contribution is 5.66. The molecule has 0 aromatic heterocycles. The second-order valence-electron chi connectivity index (χ2n) is 4.57. The SMILES string of the molecule is COCOCC=CC1CN(C)CCC1OC(C)=O. The first-order valence-electron chi connectivity index (χ1n) is 6.22. The van der Waals surface area contributed by atoms with E-state index in [1.165, 1.54) is 6.92 Å². The molecule has 0 spiro atoms. The highest BCUT2D eigenvalue weighted by Gasteiger charge is 2.27. The van der Waals surface area contributed by atoms with Gasteiger partial charge in [-0.3, -0.25) is 4.79 Å². The molecule has 0 bridgehead atoms. The summed E-state index contributed by atoms with van der Waals surface area (Å²) >= 11 is 0. The van der Waals surface area contributed by atoms with Gasteiger partial charge in [0.25, 0.3) is 0 Å². The van der Waals surface area contributed by atoms with Gasteiger partial charge < -0.3 is 19.1 Å². The summed E-state index contributed by atoms with van der Waals surface area (Å²) in [6.07, 6.45) is 4.89. The molecule has 1 fully saturated rings. The Labute approximate surface area is 109 Å². The number of piperidine rings is 1. The molecule has 5 nitrogen and oxygen atoms in total. The first kappa shape index (κ1) is 15.1. The first-order chi connectivity index (χ1) is 8.63. The molecule has 5 heteroatoms. The monoisotopic (exact) mass is 257 g/mol. The van der Waals surface area contributed by atoms with Crippen molar-refractivity contribution in [3.63, 3.8) is 0 Å². The average molecular weight is 257 g/mol. The Balaban J connectivity index is 2.42. The summed E-state index contributed by atoms with van der Waals surface area (Å²) < 4.78 is 15.3. The molecule has 1 saturated heterocycles. The molecule has 18 heavy (non-hydrogen) atoms. The molecule has 2 atom stereocenters. The van der Waals surface area contributed by atoms with Gasteiger partial charge in [0, 0.05) is 33.0 Å². The molecule has 0 aromatic rings. The lowest BCUT2D eigenvalue weighted by molar-refractivity contribution is -0.150. The number of ether oxygens (including phenoxy) is 3. The van der Waals surface area contributed by atoms with E-state index in [4.69, 9.17) is 14.2 Å². The summed E-state index contributed by atoms with van der Waals surface area (Å²) in [6.45, 7) is 4.13. The van der Waals surface area contributed by atoms with Crippen molar-refractivity contribution in [2.75, 3.05) is 40.6 Å². The number of methoxy groups -OCH3 is 1. The zero-order valence-corrected chi connectivity index (χ0v) is 11.4. The molecule has 1 aliphatic heterocycles. The van der Waals surface area contributed by atoms with E-state index in [1.807, 2.05) is 6.08 Å². The summed E-state index contributed by atoms with van der Waals surface area (Å²) in [6, 6.07) is 0. The summed E-state index contributed by atoms with van der Waals surface area (Å²) in [5, 5.41) is 0. The van der Waals surface area contributed by atoms with E-state index >= 15 is 0 Å². The maximum absolute atomic E-state index is 11.1. The van der Waals surface area contributed by atoms with Gasteiger partial charge in [-0.1, -0.05) is 12.2 Å². The van der Waals surface area contributed by atoms with Crippen molar-refractivity contribution in [1.82, 2.24) is 4.90 Å². The molecule has 0 saturated carbocycles. The molecule has 2 unspecified atom stereocenters. The number of carbonyl (C=O) groups is 1.